The number of hydrogen-bond donors (Lipinski definition) is 1. The summed E-state index contributed by atoms with van der Waals surface area (Å²) in [5, 5.41) is 0. The topological polar surface area (TPSA) is 106 Å². The van der Waals surface area contributed by atoms with Crippen LogP contribution in [0.15, 0.2) is 0 Å². The highest BCUT2D eigenvalue weighted by Gasteiger charge is 1.67. The van der Waals surface area contributed by atoms with Gasteiger partial charge in [-0.15, -0.1) is 0 Å². The predicted octanol–water partition coefficient (Wildman–Crippen LogP) is -0.984. The van der Waals surface area contributed by atoms with Crippen molar-refractivity contribution in [2.75, 3.05) is 0 Å². The molecule has 58 valence electrons. The van der Waals surface area contributed by atoms with Crippen LogP contribution in [0.5, 0.6) is 0 Å². The molecule has 0 amide bonds. The summed E-state index contributed by atoms with van der Waals surface area (Å²) >= 11 is 0. The molecule has 0 rings (SSSR count). The fourth-order valence-electron chi connectivity index (χ4n) is 0. The average Bonchev–Trinajstić information content (AvgIpc) is 1.19. The zero-order valence-electron chi connectivity index (χ0n) is 5.20. The van der Waals surface area contributed by atoms with Crippen molar-refractivity contribution < 1.29 is 17.5 Å². The molecule has 0 aliphatic carbocycles. The summed E-state index contributed by atoms with van der Waals surface area (Å²) in [6.07, 6.45) is 0. The lowest BCUT2D eigenvalue weighted by molar-refractivity contribution is 0.352. The van der Waals surface area contributed by atoms with Gasteiger partial charge in [0, 0.05) is 10.4 Å². The maximum absolute atomic E-state index is 8.52. The largest absolute Gasteiger partial charge is 0.759 e. The van der Waals surface area contributed by atoms with E-state index in [1.807, 2.05) is 13.8 Å². The second kappa shape index (κ2) is 4.68. The molecule has 6 heteroatoms. The fourth-order valence-corrected chi connectivity index (χ4v) is 0. The van der Waals surface area contributed by atoms with Crippen LogP contribution in [0.4, 0.5) is 0 Å². The first-order chi connectivity index (χ1) is 3.73. The van der Waals surface area contributed by atoms with Crippen molar-refractivity contribution in [3.63, 3.8) is 0 Å². The van der Waals surface area contributed by atoms with Crippen molar-refractivity contribution in [2.45, 2.75) is 19.9 Å². The van der Waals surface area contributed by atoms with E-state index in [0.717, 1.165) is 0 Å². The maximum Gasteiger partial charge on any atom is 0.0311 e. The molecule has 0 heterocycles. The Morgan fingerprint density at radius 1 is 1.33 bits per heavy atom. The van der Waals surface area contributed by atoms with Crippen LogP contribution in [-0.4, -0.2) is 23.6 Å². The molecule has 0 radical (unpaired) electrons. The molecule has 0 spiro atoms. The quantitative estimate of drug-likeness (QED) is 0.357. The highest BCUT2D eigenvalue weighted by Crippen LogP contribution is 1.58. The molecule has 0 bridgehead atoms. The van der Waals surface area contributed by atoms with Gasteiger partial charge in [-0.05, 0) is 6.04 Å². The first-order valence-corrected chi connectivity index (χ1v) is 3.49. The van der Waals surface area contributed by atoms with E-state index in [1.54, 1.807) is 0 Å². The summed E-state index contributed by atoms with van der Waals surface area (Å²) < 4.78 is 34.1. The van der Waals surface area contributed by atoms with Crippen molar-refractivity contribution in [1.82, 2.24) is 0 Å². The summed E-state index contributed by atoms with van der Waals surface area (Å²) in [4.78, 5) is 0. The van der Waals surface area contributed by atoms with Gasteiger partial charge in [0.1, 0.15) is 0 Å². The lowest BCUT2D eigenvalue weighted by Crippen LogP contribution is -2.06. The van der Waals surface area contributed by atoms with E-state index in [-0.39, 0.29) is 0 Å². The summed E-state index contributed by atoms with van der Waals surface area (Å²) in [5.74, 6) is 0. The molecule has 0 aromatic heterocycles. The average molecular weight is 155 g/mol. The van der Waals surface area contributed by atoms with Gasteiger partial charge in [0.2, 0.25) is 0 Å². The number of rotatable bonds is 0. The molecule has 5 nitrogen and oxygen atoms in total. The molecule has 2 N–H and O–H groups in total. The summed E-state index contributed by atoms with van der Waals surface area (Å²) in [5.41, 5.74) is 5.11. The lowest BCUT2D eigenvalue weighted by Gasteiger charge is -2.06. The third-order valence-corrected chi connectivity index (χ3v) is 0. The Hall–Kier alpha value is -0.170. The van der Waals surface area contributed by atoms with Crippen molar-refractivity contribution >= 4 is 10.4 Å². The van der Waals surface area contributed by atoms with Crippen LogP contribution in [0.25, 0.3) is 0 Å². The van der Waals surface area contributed by atoms with Crippen LogP contribution in [0.1, 0.15) is 13.8 Å². The molecule has 0 saturated carbocycles. The monoisotopic (exact) mass is 155 g/mol. The SMILES string of the molecule is CC(C)N.O=S(=O)([O-])[O-]. The van der Waals surface area contributed by atoms with E-state index >= 15 is 0 Å². The van der Waals surface area contributed by atoms with Gasteiger partial charge in [-0.3, -0.25) is 8.42 Å². The molecule has 0 aromatic rings. The predicted molar refractivity (Wildman–Crippen MR) is 29.8 cm³/mol. The van der Waals surface area contributed by atoms with Gasteiger partial charge in [0.05, 0.1) is 0 Å². The van der Waals surface area contributed by atoms with Crippen LogP contribution in [0, 0.1) is 0 Å². The van der Waals surface area contributed by atoms with E-state index < -0.39 is 10.4 Å². The van der Waals surface area contributed by atoms with E-state index in [4.69, 9.17) is 23.3 Å². The highest BCUT2D eigenvalue weighted by atomic mass is 32.3. The van der Waals surface area contributed by atoms with Crippen LogP contribution < -0.4 is 5.73 Å². The zero-order chi connectivity index (χ0) is 8.08. The first kappa shape index (κ1) is 11.6. The fraction of sp³-hybridized carbons (Fsp3) is 1.00. The Morgan fingerprint density at radius 2 is 1.33 bits per heavy atom. The lowest BCUT2D eigenvalue weighted by atomic mass is 10.5. The van der Waals surface area contributed by atoms with Gasteiger partial charge in [0.25, 0.3) is 0 Å². The normalized spacial score (nSPS) is 10.4. The Kier molecular flexibility index (Phi) is 6.04. The summed E-state index contributed by atoms with van der Waals surface area (Å²) in [6, 6.07) is 0.333. The standard InChI is InChI=1S/C3H9N.H2O4S/c1-3(2)4;1-5(2,3)4/h3H,4H2,1-2H3;(H2,1,2,3,4)/p-2. The van der Waals surface area contributed by atoms with E-state index in [2.05, 4.69) is 0 Å². The van der Waals surface area contributed by atoms with Crippen LogP contribution in [0.2, 0.25) is 0 Å². The third-order valence-electron chi connectivity index (χ3n) is 0. The van der Waals surface area contributed by atoms with Crippen LogP contribution >= 0.6 is 0 Å². The minimum atomic E-state index is -5.17. The smallest absolute Gasteiger partial charge is 0.0311 e. The van der Waals surface area contributed by atoms with Gasteiger partial charge >= 0.3 is 0 Å². The molecular formula is C3H9NO4S-2. The third kappa shape index (κ3) is 9210. The Bertz CT molecular complexity index is 127. The van der Waals surface area contributed by atoms with Gasteiger partial charge < -0.3 is 14.8 Å². The Labute approximate surface area is 54.4 Å². The maximum atomic E-state index is 8.52. The summed E-state index contributed by atoms with van der Waals surface area (Å²) in [6.45, 7) is 3.89. The van der Waals surface area contributed by atoms with Crippen molar-refractivity contribution in [2.24, 2.45) is 5.73 Å². The minimum Gasteiger partial charge on any atom is -0.759 e. The van der Waals surface area contributed by atoms with Crippen molar-refractivity contribution in [3.05, 3.63) is 0 Å². The zero-order valence-corrected chi connectivity index (χ0v) is 6.01. The number of nitrogens with two attached hydrogens (primary N) is 1. The summed E-state index contributed by atoms with van der Waals surface area (Å²) in [7, 11) is -5.17. The molecule has 0 atom stereocenters. The second-order valence-electron chi connectivity index (χ2n) is 1.65. The van der Waals surface area contributed by atoms with E-state index in [0.29, 0.717) is 6.04 Å². The van der Waals surface area contributed by atoms with E-state index in [9.17, 15) is 0 Å². The van der Waals surface area contributed by atoms with Crippen molar-refractivity contribution in [3.8, 4) is 0 Å². The minimum absolute atomic E-state index is 0.333. The van der Waals surface area contributed by atoms with Crippen molar-refractivity contribution in [1.29, 1.82) is 0 Å². The van der Waals surface area contributed by atoms with Gasteiger partial charge in [-0.2, -0.15) is 0 Å². The molecule has 0 fully saturated rings. The first-order valence-electron chi connectivity index (χ1n) is 2.15. The van der Waals surface area contributed by atoms with Crippen LogP contribution in [-0.2, 0) is 10.4 Å². The Morgan fingerprint density at radius 3 is 1.33 bits per heavy atom. The molecule has 0 aliphatic heterocycles. The van der Waals surface area contributed by atoms with E-state index in [1.165, 1.54) is 0 Å². The van der Waals surface area contributed by atoms with Crippen LogP contribution in [0.3, 0.4) is 0 Å². The number of hydrogen-bond acceptors (Lipinski definition) is 5. The Balaban J connectivity index is 0. The van der Waals surface area contributed by atoms with Gasteiger partial charge in [-0.25, -0.2) is 0 Å². The molecule has 0 aliphatic rings. The molecule has 9 heavy (non-hydrogen) atoms. The second-order valence-corrected chi connectivity index (χ2v) is 2.47. The highest BCUT2D eigenvalue weighted by molar-refractivity contribution is 7.79. The molecular weight excluding hydrogens is 146 g/mol. The van der Waals surface area contributed by atoms with Gasteiger partial charge in [-0.1, -0.05) is 13.8 Å². The molecule has 0 unspecified atom stereocenters. The molecule has 0 saturated heterocycles. The van der Waals surface area contributed by atoms with Gasteiger partial charge in [0.15, 0.2) is 0 Å². The molecule has 0 aromatic carbocycles.